The lowest BCUT2D eigenvalue weighted by Gasteiger charge is -2.33. The number of rotatable bonds is 3. The first-order chi connectivity index (χ1) is 10.8. The largest absolute Gasteiger partial charge is 0.324 e. The van der Waals surface area contributed by atoms with Crippen LogP contribution in [-0.2, 0) is 6.54 Å². The highest BCUT2D eigenvalue weighted by Crippen LogP contribution is 2.19. The molecule has 4 nitrogen and oxygen atoms in total. The molecule has 2 amide bonds. The van der Waals surface area contributed by atoms with Crippen molar-refractivity contribution in [3.63, 3.8) is 0 Å². The Morgan fingerprint density at radius 2 is 1.55 bits per heavy atom. The quantitative estimate of drug-likeness (QED) is 0.945. The summed E-state index contributed by atoms with van der Waals surface area (Å²) in [5.74, 6) is 0. The first-order valence-electron chi connectivity index (χ1n) is 7.71. The molecule has 1 heterocycles. The molecule has 1 aliphatic heterocycles. The number of nitrogens with zero attached hydrogens (tertiary/aromatic N) is 2. The van der Waals surface area contributed by atoms with E-state index in [0.717, 1.165) is 37.4 Å². The van der Waals surface area contributed by atoms with Crippen molar-refractivity contribution in [2.24, 2.45) is 0 Å². The summed E-state index contributed by atoms with van der Waals surface area (Å²) in [6.45, 7) is 3.83. The van der Waals surface area contributed by atoms with Crippen molar-refractivity contribution < 1.29 is 4.79 Å². The second-order valence-electron chi connectivity index (χ2n) is 5.43. The number of benzene rings is 2. The lowest BCUT2D eigenvalue weighted by molar-refractivity contribution is 0.196. The van der Waals surface area contributed by atoms with Gasteiger partial charge in [-0.2, -0.15) is 0 Å². The first-order valence-corrected chi connectivity index (χ1v) is 7.71. The summed E-state index contributed by atoms with van der Waals surface area (Å²) in [5.41, 5.74) is 2.07. The zero-order chi connectivity index (χ0) is 15.2. The summed E-state index contributed by atoms with van der Waals surface area (Å²) in [5, 5.41) is 3.29. The van der Waals surface area contributed by atoms with Crippen LogP contribution in [0.3, 0.4) is 0 Å². The Labute approximate surface area is 131 Å². The fraction of sp³-hybridized carbons (Fsp3) is 0.278. The fourth-order valence-electron chi connectivity index (χ4n) is 2.67. The number of carbonyl (C=O) groups excluding carboxylic acids is 1. The minimum absolute atomic E-state index is 0.0801. The second-order valence-corrected chi connectivity index (χ2v) is 5.43. The molecular formula is C18H21N3O. The van der Waals surface area contributed by atoms with Gasteiger partial charge in [0.05, 0.1) is 6.54 Å². The number of amides is 2. The summed E-state index contributed by atoms with van der Waals surface area (Å²) >= 11 is 0. The smallest absolute Gasteiger partial charge is 0.322 e. The van der Waals surface area contributed by atoms with Gasteiger partial charge in [0.2, 0.25) is 0 Å². The summed E-state index contributed by atoms with van der Waals surface area (Å²) in [4.78, 5) is 16.7. The molecule has 0 aromatic heterocycles. The van der Waals surface area contributed by atoms with Crippen LogP contribution >= 0.6 is 0 Å². The van der Waals surface area contributed by atoms with Crippen molar-refractivity contribution in [1.29, 1.82) is 0 Å². The van der Waals surface area contributed by atoms with Gasteiger partial charge in [0.25, 0.3) is 0 Å². The van der Waals surface area contributed by atoms with E-state index < -0.39 is 0 Å². The van der Waals surface area contributed by atoms with Gasteiger partial charge in [-0.25, -0.2) is 4.79 Å². The van der Waals surface area contributed by atoms with E-state index in [1.54, 1.807) is 0 Å². The maximum Gasteiger partial charge on any atom is 0.324 e. The Hall–Kier alpha value is -2.33. The predicted molar refractivity (Wildman–Crippen MR) is 88.9 cm³/mol. The van der Waals surface area contributed by atoms with Crippen LogP contribution in [0, 0.1) is 0 Å². The van der Waals surface area contributed by atoms with Gasteiger partial charge >= 0.3 is 6.03 Å². The van der Waals surface area contributed by atoms with Crippen LogP contribution in [0.25, 0.3) is 0 Å². The minimum Gasteiger partial charge on any atom is -0.322 e. The van der Waals surface area contributed by atoms with Crippen LogP contribution in [0.1, 0.15) is 5.56 Å². The standard InChI is InChI=1S/C18H21N3O/c22-18(20-13-11-19-12-14-20)21(17-9-5-2-6-10-17)15-16-7-3-1-4-8-16/h1-10,19H,11-15H2. The van der Waals surface area contributed by atoms with E-state index in [0.29, 0.717) is 6.54 Å². The highest BCUT2D eigenvalue weighted by molar-refractivity contribution is 5.92. The maximum atomic E-state index is 12.9. The van der Waals surface area contributed by atoms with Crippen LogP contribution in [0.5, 0.6) is 0 Å². The minimum atomic E-state index is 0.0801. The molecule has 0 aliphatic carbocycles. The van der Waals surface area contributed by atoms with Crippen LogP contribution in [0.15, 0.2) is 60.7 Å². The highest BCUT2D eigenvalue weighted by atomic mass is 16.2. The second kappa shape index (κ2) is 7.09. The Kier molecular flexibility index (Phi) is 4.71. The Balaban J connectivity index is 1.84. The van der Waals surface area contributed by atoms with Crippen molar-refractivity contribution in [3.05, 3.63) is 66.2 Å². The molecule has 0 bridgehead atoms. The third kappa shape index (κ3) is 3.46. The van der Waals surface area contributed by atoms with Crippen molar-refractivity contribution in [1.82, 2.24) is 10.2 Å². The zero-order valence-corrected chi connectivity index (χ0v) is 12.6. The molecule has 0 unspecified atom stereocenters. The summed E-state index contributed by atoms with van der Waals surface area (Å²) in [6, 6.07) is 20.1. The fourth-order valence-corrected chi connectivity index (χ4v) is 2.67. The van der Waals surface area contributed by atoms with E-state index in [9.17, 15) is 4.79 Å². The number of para-hydroxylation sites is 1. The van der Waals surface area contributed by atoms with Gasteiger partial charge in [-0.15, -0.1) is 0 Å². The third-order valence-electron chi connectivity index (χ3n) is 3.87. The molecule has 2 aromatic carbocycles. The number of carbonyl (C=O) groups is 1. The average Bonchev–Trinajstić information content (AvgIpc) is 2.61. The lowest BCUT2D eigenvalue weighted by atomic mass is 10.2. The molecule has 0 spiro atoms. The number of piperazine rings is 1. The number of urea groups is 1. The first kappa shape index (κ1) is 14.6. The third-order valence-corrected chi connectivity index (χ3v) is 3.87. The molecule has 3 rings (SSSR count). The summed E-state index contributed by atoms with van der Waals surface area (Å²) < 4.78 is 0. The highest BCUT2D eigenvalue weighted by Gasteiger charge is 2.23. The maximum absolute atomic E-state index is 12.9. The molecule has 4 heteroatoms. The molecule has 2 aromatic rings. The lowest BCUT2D eigenvalue weighted by Crippen LogP contribution is -2.51. The van der Waals surface area contributed by atoms with Crippen molar-refractivity contribution >= 4 is 11.7 Å². The SMILES string of the molecule is O=C(N1CCNCC1)N(Cc1ccccc1)c1ccccc1. The Morgan fingerprint density at radius 3 is 2.18 bits per heavy atom. The van der Waals surface area contributed by atoms with Gasteiger partial charge in [-0.1, -0.05) is 48.5 Å². The normalized spacial score (nSPS) is 14.6. The topological polar surface area (TPSA) is 35.6 Å². The molecule has 0 saturated carbocycles. The van der Waals surface area contributed by atoms with Crippen LogP contribution in [0.4, 0.5) is 10.5 Å². The van der Waals surface area contributed by atoms with Crippen molar-refractivity contribution in [2.45, 2.75) is 6.54 Å². The van der Waals surface area contributed by atoms with Crippen LogP contribution in [0.2, 0.25) is 0 Å². The molecule has 0 atom stereocenters. The van der Waals surface area contributed by atoms with Gasteiger partial charge in [-0.3, -0.25) is 4.90 Å². The Bertz CT molecular complexity index is 594. The molecule has 1 aliphatic rings. The van der Waals surface area contributed by atoms with Gasteiger partial charge in [0, 0.05) is 31.9 Å². The van der Waals surface area contributed by atoms with Gasteiger partial charge in [0.15, 0.2) is 0 Å². The van der Waals surface area contributed by atoms with E-state index >= 15 is 0 Å². The number of anilines is 1. The van der Waals surface area contributed by atoms with E-state index in [4.69, 9.17) is 0 Å². The molecule has 114 valence electrons. The Morgan fingerprint density at radius 1 is 0.955 bits per heavy atom. The number of hydrogen-bond acceptors (Lipinski definition) is 2. The van der Waals surface area contributed by atoms with E-state index in [1.165, 1.54) is 0 Å². The summed E-state index contributed by atoms with van der Waals surface area (Å²) in [7, 11) is 0. The van der Waals surface area contributed by atoms with Gasteiger partial charge < -0.3 is 10.2 Å². The molecule has 1 N–H and O–H groups in total. The molecule has 1 saturated heterocycles. The monoisotopic (exact) mass is 295 g/mol. The molecule has 1 fully saturated rings. The van der Waals surface area contributed by atoms with E-state index in [-0.39, 0.29) is 6.03 Å². The number of nitrogens with one attached hydrogen (secondary N) is 1. The number of hydrogen-bond donors (Lipinski definition) is 1. The molecule has 22 heavy (non-hydrogen) atoms. The van der Waals surface area contributed by atoms with E-state index in [1.807, 2.05) is 58.3 Å². The van der Waals surface area contributed by atoms with Crippen molar-refractivity contribution in [3.8, 4) is 0 Å². The predicted octanol–water partition coefficient (Wildman–Crippen LogP) is 2.72. The molecule has 0 radical (unpaired) electrons. The molecular weight excluding hydrogens is 274 g/mol. The van der Waals surface area contributed by atoms with Crippen LogP contribution in [-0.4, -0.2) is 37.1 Å². The van der Waals surface area contributed by atoms with Gasteiger partial charge in [-0.05, 0) is 17.7 Å². The average molecular weight is 295 g/mol. The summed E-state index contributed by atoms with van der Waals surface area (Å²) in [6.07, 6.45) is 0. The van der Waals surface area contributed by atoms with Crippen LogP contribution < -0.4 is 10.2 Å². The van der Waals surface area contributed by atoms with Gasteiger partial charge in [0.1, 0.15) is 0 Å². The van der Waals surface area contributed by atoms with E-state index in [2.05, 4.69) is 17.4 Å². The zero-order valence-electron chi connectivity index (χ0n) is 12.6. The van der Waals surface area contributed by atoms with Crippen molar-refractivity contribution in [2.75, 3.05) is 31.1 Å².